The summed E-state index contributed by atoms with van der Waals surface area (Å²) in [5, 5.41) is 3.19. The molecule has 1 aliphatic rings. The Balaban J connectivity index is 2.08. The number of anilines is 1. The van der Waals surface area contributed by atoms with Gasteiger partial charge in [0.05, 0.1) is 0 Å². The topological polar surface area (TPSA) is 71.2 Å². The predicted octanol–water partition coefficient (Wildman–Crippen LogP) is 0.226. The molecule has 0 spiro atoms. The summed E-state index contributed by atoms with van der Waals surface area (Å²) in [4.78, 5) is 17.6. The van der Waals surface area contributed by atoms with E-state index in [1.54, 1.807) is 18.3 Å². The molecule has 1 aromatic heterocycles. The molecule has 0 saturated carbocycles. The minimum absolute atomic E-state index is 0.403. The lowest BCUT2D eigenvalue weighted by atomic mass is 10.1. The van der Waals surface area contributed by atoms with Crippen LogP contribution in [0.3, 0.4) is 0 Å². The van der Waals surface area contributed by atoms with Crippen LogP contribution in [-0.4, -0.2) is 37.6 Å². The monoisotopic (exact) mass is 234 g/mol. The quantitative estimate of drug-likeness (QED) is 0.782. The highest BCUT2D eigenvalue weighted by Gasteiger charge is 2.23. The summed E-state index contributed by atoms with van der Waals surface area (Å²) in [5.41, 5.74) is 5.78. The molecule has 1 fully saturated rings. The standard InChI is InChI=1S/C12H18N4O/c1-14-7-9-3-5-16(8-9)11-6-10(12(13)17)2-4-15-11/h2,4,6,9,14H,3,5,7-8H2,1H3,(H2,13,17). The van der Waals surface area contributed by atoms with Gasteiger partial charge in [-0.05, 0) is 38.1 Å². The van der Waals surface area contributed by atoms with Crippen molar-refractivity contribution in [3.63, 3.8) is 0 Å². The van der Waals surface area contributed by atoms with Crippen LogP contribution < -0.4 is 16.0 Å². The highest BCUT2D eigenvalue weighted by molar-refractivity contribution is 5.93. The Morgan fingerprint density at radius 2 is 2.53 bits per heavy atom. The minimum atomic E-state index is -0.403. The van der Waals surface area contributed by atoms with Crippen LogP contribution in [0, 0.1) is 5.92 Å². The van der Waals surface area contributed by atoms with E-state index >= 15 is 0 Å². The van der Waals surface area contributed by atoms with Crippen LogP contribution in [0.2, 0.25) is 0 Å². The molecular formula is C12H18N4O. The van der Waals surface area contributed by atoms with Gasteiger partial charge in [0, 0.05) is 24.8 Å². The second kappa shape index (κ2) is 5.14. The number of nitrogens with two attached hydrogens (primary N) is 1. The molecule has 0 aliphatic carbocycles. The van der Waals surface area contributed by atoms with Crippen molar-refractivity contribution in [1.82, 2.24) is 10.3 Å². The zero-order valence-corrected chi connectivity index (χ0v) is 10.0. The first-order chi connectivity index (χ1) is 8.20. The molecule has 5 nitrogen and oxygen atoms in total. The zero-order chi connectivity index (χ0) is 12.3. The maximum Gasteiger partial charge on any atom is 0.248 e. The number of aromatic nitrogens is 1. The maximum absolute atomic E-state index is 11.1. The van der Waals surface area contributed by atoms with E-state index in [1.807, 2.05) is 7.05 Å². The lowest BCUT2D eigenvalue weighted by Gasteiger charge is -2.17. The molecule has 1 aliphatic heterocycles. The summed E-state index contributed by atoms with van der Waals surface area (Å²) in [6, 6.07) is 3.41. The first-order valence-corrected chi connectivity index (χ1v) is 5.86. The molecule has 0 radical (unpaired) electrons. The molecule has 5 heteroatoms. The van der Waals surface area contributed by atoms with Crippen molar-refractivity contribution in [2.45, 2.75) is 6.42 Å². The first kappa shape index (κ1) is 11.9. The van der Waals surface area contributed by atoms with E-state index in [0.29, 0.717) is 11.5 Å². The molecule has 1 unspecified atom stereocenters. The van der Waals surface area contributed by atoms with Gasteiger partial charge in [-0.2, -0.15) is 0 Å². The van der Waals surface area contributed by atoms with E-state index < -0.39 is 5.91 Å². The second-order valence-electron chi connectivity index (χ2n) is 4.43. The van der Waals surface area contributed by atoms with Gasteiger partial charge in [0.2, 0.25) is 5.91 Å². The highest BCUT2D eigenvalue weighted by Crippen LogP contribution is 2.22. The molecule has 2 rings (SSSR count). The van der Waals surface area contributed by atoms with Crippen LogP contribution in [0.15, 0.2) is 18.3 Å². The SMILES string of the molecule is CNCC1CCN(c2cc(C(N)=O)ccn2)C1. The number of nitrogens with zero attached hydrogens (tertiary/aromatic N) is 2. The predicted molar refractivity (Wildman–Crippen MR) is 67.0 cm³/mol. The second-order valence-corrected chi connectivity index (χ2v) is 4.43. The molecule has 92 valence electrons. The van der Waals surface area contributed by atoms with E-state index in [2.05, 4.69) is 15.2 Å². The maximum atomic E-state index is 11.1. The molecule has 1 atom stereocenters. The van der Waals surface area contributed by atoms with Gasteiger partial charge in [-0.25, -0.2) is 4.98 Å². The van der Waals surface area contributed by atoms with Gasteiger partial charge >= 0.3 is 0 Å². The van der Waals surface area contributed by atoms with Crippen molar-refractivity contribution in [3.8, 4) is 0 Å². The van der Waals surface area contributed by atoms with Crippen molar-refractivity contribution >= 4 is 11.7 Å². The summed E-state index contributed by atoms with van der Waals surface area (Å²) in [5.74, 6) is 1.10. The number of primary amides is 1. The van der Waals surface area contributed by atoms with Crippen molar-refractivity contribution in [1.29, 1.82) is 0 Å². The van der Waals surface area contributed by atoms with Crippen LogP contribution in [0.5, 0.6) is 0 Å². The van der Waals surface area contributed by atoms with Gasteiger partial charge in [0.25, 0.3) is 0 Å². The summed E-state index contributed by atoms with van der Waals surface area (Å²) in [6.07, 6.45) is 2.80. The molecule has 2 heterocycles. The molecule has 0 aromatic carbocycles. The van der Waals surface area contributed by atoms with Crippen LogP contribution >= 0.6 is 0 Å². The Morgan fingerprint density at radius 3 is 3.24 bits per heavy atom. The first-order valence-electron chi connectivity index (χ1n) is 5.86. The Kier molecular flexibility index (Phi) is 3.58. The Hall–Kier alpha value is -1.62. The van der Waals surface area contributed by atoms with Crippen molar-refractivity contribution in [3.05, 3.63) is 23.9 Å². The minimum Gasteiger partial charge on any atom is -0.366 e. The zero-order valence-electron chi connectivity index (χ0n) is 10.0. The molecular weight excluding hydrogens is 216 g/mol. The molecule has 3 N–H and O–H groups in total. The van der Waals surface area contributed by atoms with Crippen molar-refractivity contribution in [2.24, 2.45) is 11.7 Å². The summed E-state index contributed by atoms with van der Waals surface area (Å²) < 4.78 is 0. The van der Waals surface area contributed by atoms with Crippen LogP contribution in [0.25, 0.3) is 0 Å². The summed E-state index contributed by atoms with van der Waals surface area (Å²) in [7, 11) is 1.97. The number of hydrogen-bond acceptors (Lipinski definition) is 4. The third kappa shape index (κ3) is 2.74. The lowest BCUT2D eigenvalue weighted by molar-refractivity contribution is 0.1000. The molecule has 1 aromatic rings. The Labute approximate surface area is 101 Å². The third-order valence-electron chi connectivity index (χ3n) is 3.13. The molecule has 1 saturated heterocycles. The number of rotatable bonds is 4. The molecule has 17 heavy (non-hydrogen) atoms. The molecule has 1 amide bonds. The average molecular weight is 234 g/mol. The van der Waals surface area contributed by atoms with E-state index in [0.717, 1.165) is 31.9 Å². The van der Waals surface area contributed by atoms with Gasteiger partial charge in [-0.3, -0.25) is 4.79 Å². The number of carbonyl (C=O) groups is 1. The number of carbonyl (C=O) groups excluding carboxylic acids is 1. The fourth-order valence-corrected chi connectivity index (χ4v) is 2.24. The van der Waals surface area contributed by atoms with Gasteiger partial charge in [-0.15, -0.1) is 0 Å². The van der Waals surface area contributed by atoms with Gasteiger partial charge < -0.3 is 16.0 Å². The van der Waals surface area contributed by atoms with E-state index in [1.165, 1.54) is 0 Å². The molecule has 0 bridgehead atoms. The largest absolute Gasteiger partial charge is 0.366 e. The smallest absolute Gasteiger partial charge is 0.248 e. The van der Waals surface area contributed by atoms with Crippen LogP contribution in [-0.2, 0) is 0 Å². The van der Waals surface area contributed by atoms with Crippen molar-refractivity contribution < 1.29 is 4.79 Å². The van der Waals surface area contributed by atoms with E-state index in [-0.39, 0.29) is 0 Å². The van der Waals surface area contributed by atoms with Crippen LogP contribution in [0.1, 0.15) is 16.8 Å². The van der Waals surface area contributed by atoms with Crippen LogP contribution in [0.4, 0.5) is 5.82 Å². The summed E-state index contributed by atoms with van der Waals surface area (Å²) in [6.45, 7) is 2.99. The van der Waals surface area contributed by atoms with Gasteiger partial charge in [0.1, 0.15) is 5.82 Å². The van der Waals surface area contributed by atoms with E-state index in [9.17, 15) is 4.79 Å². The fourth-order valence-electron chi connectivity index (χ4n) is 2.24. The third-order valence-corrected chi connectivity index (χ3v) is 3.13. The Bertz CT molecular complexity index is 407. The number of amides is 1. The average Bonchev–Trinajstić information content (AvgIpc) is 2.78. The highest BCUT2D eigenvalue weighted by atomic mass is 16.1. The van der Waals surface area contributed by atoms with E-state index in [4.69, 9.17) is 5.73 Å². The van der Waals surface area contributed by atoms with Crippen molar-refractivity contribution in [2.75, 3.05) is 31.6 Å². The Morgan fingerprint density at radius 1 is 1.71 bits per heavy atom. The number of hydrogen-bond donors (Lipinski definition) is 2. The number of pyridine rings is 1. The van der Waals surface area contributed by atoms with Gasteiger partial charge in [0.15, 0.2) is 0 Å². The number of nitrogens with one attached hydrogen (secondary N) is 1. The lowest BCUT2D eigenvalue weighted by Crippen LogP contribution is -2.25. The van der Waals surface area contributed by atoms with Gasteiger partial charge in [-0.1, -0.05) is 0 Å². The normalized spacial score (nSPS) is 19.6. The summed E-state index contributed by atoms with van der Waals surface area (Å²) >= 11 is 0. The fraction of sp³-hybridized carbons (Fsp3) is 0.500.